The van der Waals surface area contributed by atoms with E-state index in [0.29, 0.717) is 25.1 Å². The minimum absolute atomic E-state index is 0.124. The number of rotatable bonds is 2. The van der Waals surface area contributed by atoms with E-state index in [0.717, 1.165) is 16.5 Å². The van der Waals surface area contributed by atoms with E-state index >= 15 is 0 Å². The number of nitrogens with zero attached hydrogens (tertiary/aromatic N) is 1. The van der Waals surface area contributed by atoms with Crippen molar-refractivity contribution in [1.29, 1.82) is 0 Å². The zero-order chi connectivity index (χ0) is 15.9. The molecule has 2 heterocycles. The molecule has 1 amide bonds. The van der Waals surface area contributed by atoms with Gasteiger partial charge in [-0.05, 0) is 44.4 Å². The number of hydrogen-bond acceptors (Lipinski definition) is 2. The Morgan fingerprint density at radius 2 is 2.09 bits per heavy atom. The van der Waals surface area contributed by atoms with Gasteiger partial charge in [0.15, 0.2) is 0 Å². The number of aryl methyl sites for hydroxylation is 1. The number of nitrogens with one attached hydrogen (secondary N) is 1. The molecule has 1 aliphatic rings. The summed E-state index contributed by atoms with van der Waals surface area (Å²) < 4.78 is 0. The Balaban J connectivity index is 1.87. The molecule has 5 heteroatoms. The third-order valence-corrected chi connectivity index (χ3v) is 4.51. The largest absolute Gasteiger partial charge is 0.481 e. The normalized spacial score (nSPS) is 22.0. The SMILES string of the molecule is Cc1ccc2cc(C(=O)N3CCCC(C)(C(=O)O)C3)[nH]c2c1. The van der Waals surface area contributed by atoms with Gasteiger partial charge in [0, 0.05) is 24.0 Å². The van der Waals surface area contributed by atoms with Crippen LogP contribution in [-0.2, 0) is 4.79 Å². The number of aliphatic carboxylic acids is 1. The zero-order valence-electron chi connectivity index (χ0n) is 12.8. The van der Waals surface area contributed by atoms with Crippen molar-refractivity contribution in [2.75, 3.05) is 13.1 Å². The van der Waals surface area contributed by atoms with Crippen LogP contribution in [0.4, 0.5) is 0 Å². The lowest BCUT2D eigenvalue weighted by Gasteiger charge is -2.37. The molecule has 1 fully saturated rings. The second-order valence-corrected chi connectivity index (χ2v) is 6.47. The van der Waals surface area contributed by atoms with E-state index in [1.807, 2.05) is 31.2 Å². The highest BCUT2D eigenvalue weighted by Crippen LogP contribution is 2.30. The maximum atomic E-state index is 12.7. The van der Waals surface area contributed by atoms with Gasteiger partial charge in [-0.2, -0.15) is 0 Å². The third kappa shape index (κ3) is 2.47. The van der Waals surface area contributed by atoms with E-state index < -0.39 is 11.4 Å². The molecule has 0 spiro atoms. The molecule has 0 radical (unpaired) electrons. The van der Waals surface area contributed by atoms with Crippen molar-refractivity contribution in [3.63, 3.8) is 0 Å². The van der Waals surface area contributed by atoms with Crippen LogP contribution >= 0.6 is 0 Å². The lowest BCUT2D eigenvalue weighted by atomic mass is 9.82. The van der Waals surface area contributed by atoms with Gasteiger partial charge < -0.3 is 15.0 Å². The van der Waals surface area contributed by atoms with E-state index in [1.54, 1.807) is 11.8 Å². The molecule has 1 aliphatic heterocycles. The van der Waals surface area contributed by atoms with E-state index in [4.69, 9.17) is 0 Å². The molecule has 0 bridgehead atoms. The van der Waals surface area contributed by atoms with Gasteiger partial charge in [-0.1, -0.05) is 12.1 Å². The first-order chi connectivity index (χ1) is 10.4. The number of amides is 1. The van der Waals surface area contributed by atoms with Gasteiger partial charge in [-0.3, -0.25) is 9.59 Å². The van der Waals surface area contributed by atoms with Gasteiger partial charge in [-0.15, -0.1) is 0 Å². The van der Waals surface area contributed by atoms with Crippen molar-refractivity contribution in [2.24, 2.45) is 5.41 Å². The lowest BCUT2D eigenvalue weighted by molar-refractivity contribution is -0.150. The Bertz CT molecular complexity index is 749. The van der Waals surface area contributed by atoms with Crippen molar-refractivity contribution in [2.45, 2.75) is 26.7 Å². The Hall–Kier alpha value is -2.30. The molecule has 22 heavy (non-hydrogen) atoms. The Labute approximate surface area is 128 Å². The predicted octanol–water partition coefficient (Wildman–Crippen LogP) is 2.80. The van der Waals surface area contributed by atoms with Crippen LogP contribution < -0.4 is 0 Å². The number of carboxylic acid groups (broad SMARTS) is 1. The highest BCUT2D eigenvalue weighted by atomic mass is 16.4. The van der Waals surface area contributed by atoms with E-state index in [2.05, 4.69) is 4.98 Å². The first kappa shape index (κ1) is 14.6. The van der Waals surface area contributed by atoms with Crippen LogP contribution in [0, 0.1) is 12.3 Å². The van der Waals surface area contributed by atoms with E-state index in [-0.39, 0.29) is 12.5 Å². The molecule has 1 aromatic carbocycles. The third-order valence-electron chi connectivity index (χ3n) is 4.51. The number of carboxylic acids is 1. The quantitative estimate of drug-likeness (QED) is 0.895. The summed E-state index contributed by atoms with van der Waals surface area (Å²) in [6, 6.07) is 7.83. The van der Waals surface area contributed by atoms with E-state index in [9.17, 15) is 14.7 Å². The second-order valence-electron chi connectivity index (χ2n) is 6.47. The summed E-state index contributed by atoms with van der Waals surface area (Å²) >= 11 is 0. The zero-order valence-corrected chi connectivity index (χ0v) is 12.8. The molecule has 1 saturated heterocycles. The number of aromatic nitrogens is 1. The van der Waals surface area contributed by atoms with Gasteiger partial charge in [0.1, 0.15) is 5.69 Å². The number of fused-ring (bicyclic) bond motifs is 1. The van der Waals surface area contributed by atoms with Crippen LogP contribution in [0.5, 0.6) is 0 Å². The average Bonchev–Trinajstić information content (AvgIpc) is 2.89. The van der Waals surface area contributed by atoms with Gasteiger partial charge in [0.25, 0.3) is 5.91 Å². The lowest BCUT2D eigenvalue weighted by Crippen LogP contribution is -2.48. The number of likely N-dealkylation sites (tertiary alicyclic amines) is 1. The van der Waals surface area contributed by atoms with Crippen molar-refractivity contribution in [1.82, 2.24) is 9.88 Å². The number of carbonyl (C=O) groups is 2. The standard InChI is InChI=1S/C17H20N2O3/c1-11-4-5-12-9-14(18-13(12)8-11)15(20)19-7-3-6-17(2,10-19)16(21)22/h4-5,8-9,18H,3,6-7,10H2,1-2H3,(H,21,22). The number of aromatic amines is 1. The first-order valence-electron chi connectivity index (χ1n) is 7.51. The molecule has 0 aliphatic carbocycles. The molecule has 0 saturated carbocycles. The molecule has 1 unspecified atom stereocenters. The van der Waals surface area contributed by atoms with Crippen LogP contribution in [0.1, 0.15) is 35.8 Å². The molecule has 1 atom stereocenters. The van der Waals surface area contributed by atoms with Crippen molar-refractivity contribution in [3.8, 4) is 0 Å². The van der Waals surface area contributed by atoms with Crippen LogP contribution in [-0.4, -0.2) is 40.0 Å². The highest BCUT2D eigenvalue weighted by Gasteiger charge is 2.39. The Morgan fingerprint density at radius 1 is 1.32 bits per heavy atom. The maximum absolute atomic E-state index is 12.7. The molecule has 1 aromatic heterocycles. The summed E-state index contributed by atoms with van der Waals surface area (Å²) in [5.41, 5.74) is 1.73. The fourth-order valence-corrected chi connectivity index (χ4v) is 3.11. The number of H-pyrrole nitrogens is 1. The van der Waals surface area contributed by atoms with Crippen LogP contribution in [0.15, 0.2) is 24.3 Å². The molecular formula is C17H20N2O3. The average molecular weight is 300 g/mol. The summed E-state index contributed by atoms with van der Waals surface area (Å²) in [6.45, 7) is 4.58. The first-order valence-corrected chi connectivity index (χ1v) is 7.51. The molecule has 5 nitrogen and oxygen atoms in total. The van der Waals surface area contributed by atoms with Crippen LogP contribution in [0.25, 0.3) is 10.9 Å². The number of benzene rings is 1. The minimum atomic E-state index is -0.851. The topological polar surface area (TPSA) is 73.4 Å². The maximum Gasteiger partial charge on any atom is 0.311 e. The molecule has 116 valence electrons. The predicted molar refractivity (Wildman–Crippen MR) is 83.9 cm³/mol. The smallest absolute Gasteiger partial charge is 0.311 e. The molecule has 2 aromatic rings. The van der Waals surface area contributed by atoms with Crippen LogP contribution in [0.3, 0.4) is 0 Å². The van der Waals surface area contributed by atoms with Crippen molar-refractivity contribution in [3.05, 3.63) is 35.5 Å². The van der Waals surface area contributed by atoms with Crippen molar-refractivity contribution < 1.29 is 14.7 Å². The monoisotopic (exact) mass is 300 g/mol. The van der Waals surface area contributed by atoms with Crippen molar-refractivity contribution >= 4 is 22.8 Å². The Kier molecular flexibility index (Phi) is 3.43. The van der Waals surface area contributed by atoms with Gasteiger partial charge >= 0.3 is 5.97 Å². The number of hydrogen-bond donors (Lipinski definition) is 2. The minimum Gasteiger partial charge on any atom is -0.481 e. The van der Waals surface area contributed by atoms with Gasteiger partial charge in [-0.25, -0.2) is 0 Å². The van der Waals surface area contributed by atoms with Crippen LogP contribution in [0.2, 0.25) is 0 Å². The van der Waals surface area contributed by atoms with E-state index in [1.165, 1.54) is 0 Å². The molecule has 2 N–H and O–H groups in total. The highest BCUT2D eigenvalue weighted by molar-refractivity contribution is 5.98. The molecule has 3 rings (SSSR count). The second kappa shape index (κ2) is 5.16. The Morgan fingerprint density at radius 3 is 2.82 bits per heavy atom. The summed E-state index contributed by atoms with van der Waals surface area (Å²) in [5.74, 6) is -0.960. The summed E-state index contributed by atoms with van der Waals surface area (Å²) in [5, 5.41) is 10.4. The fraction of sp³-hybridized carbons (Fsp3) is 0.412. The fourth-order valence-electron chi connectivity index (χ4n) is 3.11. The summed E-state index contributed by atoms with van der Waals surface area (Å²) in [7, 11) is 0. The number of piperidine rings is 1. The number of carbonyl (C=O) groups excluding carboxylic acids is 1. The van der Waals surface area contributed by atoms with Gasteiger partial charge in [0.05, 0.1) is 5.41 Å². The van der Waals surface area contributed by atoms with Gasteiger partial charge in [0.2, 0.25) is 0 Å². The summed E-state index contributed by atoms with van der Waals surface area (Å²) in [4.78, 5) is 28.9. The molecular weight excluding hydrogens is 280 g/mol. The summed E-state index contributed by atoms with van der Waals surface area (Å²) in [6.07, 6.45) is 1.33.